The number of nitrogens with two attached hydrogens (primary N) is 1. The molecule has 1 aliphatic heterocycles. The van der Waals surface area contributed by atoms with Gasteiger partial charge in [-0.15, -0.1) is 0 Å². The van der Waals surface area contributed by atoms with E-state index in [4.69, 9.17) is 10.5 Å². The van der Waals surface area contributed by atoms with Gasteiger partial charge in [0.25, 0.3) is 0 Å². The third kappa shape index (κ3) is 2.38. The molecule has 4 nitrogen and oxygen atoms in total. The first-order valence-electron chi connectivity index (χ1n) is 5.38. The summed E-state index contributed by atoms with van der Waals surface area (Å²) in [5, 5.41) is 2.96. The molecule has 0 aromatic heterocycles. The van der Waals surface area contributed by atoms with Crippen molar-refractivity contribution < 1.29 is 9.53 Å². The number of amides is 1. The Hall–Kier alpha value is -0.870. The molecule has 0 saturated carbocycles. The minimum Gasteiger partial charge on any atom is -0.380 e. The van der Waals surface area contributed by atoms with Crippen LogP contribution < -0.4 is 11.1 Å². The summed E-state index contributed by atoms with van der Waals surface area (Å²) in [6.45, 7) is 4.30. The fourth-order valence-corrected chi connectivity index (χ4v) is 1.91. The van der Waals surface area contributed by atoms with E-state index in [1.54, 1.807) is 0 Å². The Morgan fingerprint density at radius 2 is 2.33 bits per heavy atom. The van der Waals surface area contributed by atoms with Crippen LogP contribution in [0.15, 0.2) is 12.2 Å². The molecule has 0 aromatic rings. The average molecular weight is 210 g/mol. The molecule has 0 aromatic carbocycles. The van der Waals surface area contributed by atoms with Crippen LogP contribution in [-0.2, 0) is 9.53 Å². The smallest absolute Gasteiger partial charge is 0.227 e. The van der Waals surface area contributed by atoms with E-state index in [9.17, 15) is 4.79 Å². The van der Waals surface area contributed by atoms with E-state index >= 15 is 0 Å². The summed E-state index contributed by atoms with van der Waals surface area (Å²) in [4.78, 5) is 11.7. The van der Waals surface area contributed by atoms with Crippen molar-refractivity contribution in [2.45, 2.75) is 19.4 Å². The van der Waals surface area contributed by atoms with Gasteiger partial charge in [0.2, 0.25) is 5.91 Å². The summed E-state index contributed by atoms with van der Waals surface area (Å²) >= 11 is 0. The van der Waals surface area contributed by atoms with Crippen molar-refractivity contribution in [1.82, 2.24) is 5.32 Å². The highest BCUT2D eigenvalue weighted by molar-refractivity contribution is 5.81. The fourth-order valence-electron chi connectivity index (χ4n) is 1.91. The van der Waals surface area contributed by atoms with Crippen molar-refractivity contribution >= 4 is 5.91 Å². The molecular weight excluding hydrogens is 192 g/mol. The van der Waals surface area contributed by atoms with Gasteiger partial charge in [-0.25, -0.2) is 0 Å². The standard InChI is InChI=1S/C11H18N2O2/c1-11(6-15-7-11)5-13-10(14)8-2-3-9(12)4-8/h2-3,8-9H,4-7,12H2,1H3,(H,13,14). The van der Waals surface area contributed by atoms with Gasteiger partial charge in [0.1, 0.15) is 0 Å². The fraction of sp³-hybridized carbons (Fsp3) is 0.727. The highest BCUT2D eigenvalue weighted by atomic mass is 16.5. The van der Waals surface area contributed by atoms with Gasteiger partial charge in [0.15, 0.2) is 0 Å². The molecule has 2 unspecified atom stereocenters. The second-order valence-electron chi connectivity index (χ2n) is 4.91. The Labute approximate surface area is 89.9 Å². The summed E-state index contributed by atoms with van der Waals surface area (Å²) in [5.74, 6) is 0.0527. The maximum absolute atomic E-state index is 11.7. The summed E-state index contributed by atoms with van der Waals surface area (Å²) in [6.07, 6.45) is 4.54. The van der Waals surface area contributed by atoms with Gasteiger partial charge in [-0.2, -0.15) is 0 Å². The van der Waals surface area contributed by atoms with Gasteiger partial charge in [0, 0.05) is 18.0 Å². The van der Waals surface area contributed by atoms with Gasteiger partial charge in [-0.3, -0.25) is 4.79 Å². The van der Waals surface area contributed by atoms with Gasteiger partial charge in [0.05, 0.1) is 19.1 Å². The van der Waals surface area contributed by atoms with Crippen molar-refractivity contribution in [3.05, 3.63) is 12.2 Å². The SMILES string of the molecule is CC1(CNC(=O)C2C=CC(N)C2)COC1. The number of carbonyl (C=O) groups excluding carboxylic acids is 1. The lowest BCUT2D eigenvalue weighted by Gasteiger charge is -2.38. The number of hydrogen-bond donors (Lipinski definition) is 2. The summed E-state index contributed by atoms with van der Waals surface area (Å²) in [5.41, 5.74) is 5.83. The van der Waals surface area contributed by atoms with Crippen LogP contribution in [0.3, 0.4) is 0 Å². The van der Waals surface area contributed by atoms with Crippen molar-refractivity contribution in [3.8, 4) is 0 Å². The molecule has 1 saturated heterocycles. The van der Waals surface area contributed by atoms with Crippen LogP contribution in [0.25, 0.3) is 0 Å². The van der Waals surface area contributed by atoms with E-state index in [1.165, 1.54) is 0 Å². The predicted molar refractivity (Wildman–Crippen MR) is 57.2 cm³/mol. The monoisotopic (exact) mass is 210 g/mol. The van der Waals surface area contributed by atoms with Crippen LogP contribution in [0, 0.1) is 11.3 Å². The van der Waals surface area contributed by atoms with Crippen molar-refractivity contribution in [3.63, 3.8) is 0 Å². The van der Waals surface area contributed by atoms with Gasteiger partial charge in [-0.1, -0.05) is 19.1 Å². The van der Waals surface area contributed by atoms with Crippen LogP contribution >= 0.6 is 0 Å². The van der Waals surface area contributed by atoms with Crippen LogP contribution in [0.2, 0.25) is 0 Å². The second kappa shape index (κ2) is 3.94. The van der Waals surface area contributed by atoms with Crippen molar-refractivity contribution in [2.75, 3.05) is 19.8 Å². The summed E-state index contributed by atoms with van der Waals surface area (Å²) < 4.78 is 5.13. The number of rotatable bonds is 3. The highest BCUT2D eigenvalue weighted by Gasteiger charge is 2.34. The van der Waals surface area contributed by atoms with Crippen molar-refractivity contribution in [1.29, 1.82) is 0 Å². The first kappa shape index (κ1) is 10.6. The lowest BCUT2D eigenvalue weighted by molar-refractivity contribution is -0.129. The van der Waals surface area contributed by atoms with Crippen LogP contribution in [0.5, 0.6) is 0 Å². The number of nitrogens with one attached hydrogen (secondary N) is 1. The minimum absolute atomic E-state index is 0.0374. The molecular formula is C11H18N2O2. The van der Waals surface area contributed by atoms with E-state index in [0.29, 0.717) is 6.54 Å². The normalized spacial score (nSPS) is 32.4. The zero-order chi connectivity index (χ0) is 10.9. The second-order valence-corrected chi connectivity index (χ2v) is 4.91. The van der Waals surface area contributed by atoms with E-state index in [-0.39, 0.29) is 23.3 Å². The third-order valence-corrected chi connectivity index (χ3v) is 3.04. The van der Waals surface area contributed by atoms with Gasteiger partial charge < -0.3 is 15.8 Å². The first-order valence-corrected chi connectivity index (χ1v) is 5.38. The number of hydrogen-bond acceptors (Lipinski definition) is 3. The highest BCUT2D eigenvalue weighted by Crippen LogP contribution is 2.25. The third-order valence-electron chi connectivity index (χ3n) is 3.04. The van der Waals surface area contributed by atoms with Gasteiger partial charge in [-0.05, 0) is 6.42 Å². The molecule has 2 aliphatic rings. The average Bonchev–Trinajstić information content (AvgIpc) is 2.58. The zero-order valence-corrected chi connectivity index (χ0v) is 9.03. The molecule has 3 N–H and O–H groups in total. The Balaban J connectivity index is 1.75. The number of carbonyl (C=O) groups is 1. The Bertz CT molecular complexity index is 284. The van der Waals surface area contributed by atoms with E-state index < -0.39 is 0 Å². The largest absolute Gasteiger partial charge is 0.380 e. The molecule has 2 rings (SSSR count). The first-order chi connectivity index (χ1) is 7.09. The molecule has 0 bridgehead atoms. The maximum Gasteiger partial charge on any atom is 0.227 e. The van der Waals surface area contributed by atoms with Crippen LogP contribution in [0.4, 0.5) is 0 Å². The Morgan fingerprint density at radius 3 is 2.80 bits per heavy atom. The van der Waals surface area contributed by atoms with Crippen LogP contribution in [-0.4, -0.2) is 31.7 Å². The lowest BCUT2D eigenvalue weighted by Crippen LogP contribution is -2.49. The van der Waals surface area contributed by atoms with E-state index in [2.05, 4.69) is 12.2 Å². The van der Waals surface area contributed by atoms with Crippen molar-refractivity contribution in [2.24, 2.45) is 17.1 Å². The lowest BCUT2D eigenvalue weighted by atomic mass is 9.88. The zero-order valence-electron chi connectivity index (χ0n) is 9.03. The quantitative estimate of drug-likeness (QED) is 0.647. The molecule has 2 atom stereocenters. The maximum atomic E-state index is 11.7. The topological polar surface area (TPSA) is 64.4 Å². The van der Waals surface area contributed by atoms with Crippen LogP contribution in [0.1, 0.15) is 13.3 Å². The molecule has 1 fully saturated rings. The molecule has 0 radical (unpaired) electrons. The van der Waals surface area contributed by atoms with E-state index in [1.807, 2.05) is 12.2 Å². The molecule has 1 amide bonds. The van der Waals surface area contributed by atoms with Gasteiger partial charge >= 0.3 is 0 Å². The predicted octanol–water partition coefficient (Wildman–Crippen LogP) is 0.0425. The van der Waals surface area contributed by atoms with E-state index in [0.717, 1.165) is 19.6 Å². The Morgan fingerprint density at radius 1 is 1.60 bits per heavy atom. The minimum atomic E-state index is -0.0374. The summed E-state index contributed by atoms with van der Waals surface area (Å²) in [6, 6.07) is 0.0448. The molecule has 4 heteroatoms. The summed E-state index contributed by atoms with van der Waals surface area (Å²) in [7, 11) is 0. The Kier molecular flexibility index (Phi) is 2.80. The molecule has 1 heterocycles. The number of ether oxygens (including phenoxy) is 1. The molecule has 1 aliphatic carbocycles. The molecule has 0 spiro atoms. The molecule has 15 heavy (non-hydrogen) atoms. The molecule has 84 valence electrons.